The molecule has 0 radical (unpaired) electrons. The summed E-state index contributed by atoms with van der Waals surface area (Å²) in [4.78, 5) is 108. The highest BCUT2D eigenvalue weighted by molar-refractivity contribution is 5.96. The van der Waals surface area contributed by atoms with Crippen molar-refractivity contribution >= 4 is 23.8 Å². The van der Waals surface area contributed by atoms with Gasteiger partial charge in [0, 0.05) is 63.0 Å². The zero-order chi connectivity index (χ0) is 88.1. The van der Waals surface area contributed by atoms with Gasteiger partial charge in [0.15, 0.2) is 52.6 Å². The maximum absolute atomic E-state index is 16.3. The Morgan fingerprint density at radius 2 is 0.535 bits per heavy atom. The van der Waals surface area contributed by atoms with Crippen molar-refractivity contribution in [3.63, 3.8) is 0 Å². The molecule has 4 fully saturated rings. The predicted octanol–water partition coefficient (Wildman–Crippen LogP) is 15.9. The number of pyridine rings is 3. The van der Waals surface area contributed by atoms with E-state index in [4.69, 9.17) is 47.4 Å². The Bertz CT molecular complexity index is 5300. The van der Waals surface area contributed by atoms with Crippen molar-refractivity contribution in [1.29, 1.82) is 0 Å². The lowest BCUT2D eigenvalue weighted by molar-refractivity contribution is -0.194. The number of nitrogens with zero attached hydrogens (tertiary/aromatic N) is 3. The van der Waals surface area contributed by atoms with Crippen LogP contribution in [0, 0.1) is 21.7 Å². The SMILES string of the molecule is CC(C)(C)OC(=O)NCC12CC3(CNC(=O)c4c(OCc5ccccc5)c(=O)ccn4CC(COc4ccccc4)Oc4ccccc4)CC(CNC(=O)c4c(OCc5ccccc5)c(=O)ccn4CC(COc4ccccc4)Oc4ccccc4)(C1)CC(CNC(=O)c1c(OCc4ccccc4)c(=O)ccn1CC(COc1ccccc1)Oc1ccccc1)(C2)C3. The summed E-state index contributed by atoms with van der Waals surface area (Å²) in [5.74, 6) is 0.736. The number of amides is 4. The second kappa shape index (κ2) is 40.6. The topological polar surface area (TPSA) is 275 Å². The van der Waals surface area contributed by atoms with E-state index in [9.17, 15) is 19.2 Å². The Hall–Kier alpha value is -14.3. The number of rotatable bonds is 41. The third-order valence-corrected chi connectivity index (χ3v) is 23.0. The Labute approximate surface area is 737 Å². The highest BCUT2D eigenvalue weighted by Crippen LogP contribution is 2.73. The van der Waals surface area contributed by atoms with Gasteiger partial charge in [0.25, 0.3) is 17.7 Å². The molecule has 4 bridgehead atoms. The Balaban J connectivity index is 0.833. The molecule has 24 heteroatoms. The van der Waals surface area contributed by atoms with Gasteiger partial charge in [-0.05, 0) is 170 Å². The lowest BCUT2D eigenvalue weighted by Gasteiger charge is -2.71. The molecule has 12 aromatic rings. The maximum Gasteiger partial charge on any atom is 0.407 e. The normalized spacial score (nSPS) is 17.9. The fraction of sp³-hybridized carbons (Fsp3) is 0.291. The predicted molar refractivity (Wildman–Crippen MR) is 481 cm³/mol. The first kappa shape index (κ1) is 87.6. The van der Waals surface area contributed by atoms with E-state index >= 15 is 14.4 Å². The number of hydrogen-bond donors (Lipinski definition) is 4. The summed E-state index contributed by atoms with van der Waals surface area (Å²) in [5.41, 5.74) is -4.46. The summed E-state index contributed by atoms with van der Waals surface area (Å²) in [6.07, 6.45) is 3.86. The lowest BCUT2D eigenvalue weighted by Crippen LogP contribution is -2.68. The average Bonchev–Trinajstić information content (AvgIpc) is 0.683. The molecule has 0 spiro atoms. The molecule has 16 rings (SSSR count). The van der Waals surface area contributed by atoms with Crippen LogP contribution < -0.4 is 80.2 Å². The molecule has 3 unspecified atom stereocenters. The third kappa shape index (κ3) is 23.4. The van der Waals surface area contributed by atoms with Crippen LogP contribution in [0.5, 0.6) is 51.7 Å². The van der Waals surface area contributed by atoms with Crippen LogP contribution >= 0.6 is 0 Å². The number of hydrogen-bond acceptors (Lipinski definition) is 17. The molecule has 127 heavy (non-hydrogen) atoms. The van der Waals surface area contributed by atoms with Crippen molar-refractivity contribution in [1.82, 2.24) is 35.0 Å². The molecule has 4 saturated carbocycles. The van der Waals surface area contributed by atoms with E-state index in [2.05, 4.69) is 21.3 Å². The van der Waals surface area contributed by atoms with Crippen molar-refractivity contribution in [2.45, 2.75) is 123 Å². The summed E-state index contributed by atoms with van der Waals surface area (Å²) >= 11 is 0. The van der Waals surface area contributed by atoms with E-state index in [1.807, 2.05) is 273 Å². The van der Waals surface area contributed by atoms with E-state index in [0.29, 0.717) is 73.0 Å². The van der Waals surface area contributed by atoms with Crippen molar-refractivity contribution in [3.8, 4) is 51.7 Å². The van der Waals surface area contributed by atoms with Crippen LogP contribution in [0.3, 0.4) is 0 Å². The van der Waals surface area contributed by atoms with Gasteiger partial charge in [-0.3, -0.25) is 28.8 Å². The van der Waals surface area contributed by atoms with Gasteiger partial charge in [0.05, 0.1) is 19.6 Å². The Morgan fingerprint density at radius 3 is 0.780 bits per heavy atom. The standard InChI is InChI=1S/C103H105N7O17/c1-99(2,3)127-98(117)107-73-103-67-100(70-104-95(114)89-92(121-58-74-31-13-4-14-32-74)86(111)49-52-108(89)55-83(124-80-43-25-10-26-44-80)61-118-77-37-19-7-20-38-77)64-101(68-103,71-105-96(115)90-93(122-59-75-33-15-5-16-34-75)87(112)50-53-109(90)56-84(125-81-45-27-11-28-46-81)62-119-78-39-21-8-22-40-78)66-102(65-100,69-103)72-106-97(116)91-94(123-60-76-35-17-6-18-36-76)88(113)51-54-110(91)57-85(126-82-47-29-12-30-48-82)63-120-79-41-23-9-24-42-79/h4-54,83-85H,55-73H2,1-3H3,(H,104,114)(H,105,115)(H,106,116)(H,107,117). The van der Waals surface area contributed by atoms with Crippen molar-refractivity contribution in [2.24, 2.45) is 21.7 Å². The number of para-hydroxylation sites is 6. The molecule has 4 amide bonds. The molecule has 0 saturated heterocycles. The quantitative estimate of drug-likeness (QED) is 0.0277. The van der Waals surface area contributed by atoms with E-state index in [1.165, 1.54) is 18.2 Å². The fourth-order valence-corrected chi connectivity index (χ4v) is 18.6. The molecule has 654 valence electrons. The molecular formula is C103H105N7O17. The number of ether oxygens (including phenoxy) is 10. The molecule has 4 aliphatic rings. The Kier molecular flexibility index (Phi) is 28.0. The van der Waals surface area contributed by atoms with Crippen LogP contribution in [-0.2, 0) is 44.2 Å². The molecule has 3 atom stereocenters. The fourth-order valence-electron chi connectivity index (χ4n) is 18.6. The molecule has 4 aliphatic carbocycles. The zero-order valence-corrected chi connectivity index (χ0v) is 71.4. The second-order valence-corrected chi connectivity index (χ2v) is 34.3. The summed E-state index contributed by atoms with van der Waals surface area (Å²) in [7, 11) is 0. The number of benzene rings is 9. The maximum atomic E-state index is 16.3. The lowest BCUT2D eigenvalue weighted by atomic mass is 9.35. The van der Waals surface area contributed by atoms with Crippen LogP contribution in [0.1, 0.15) is 107 Å². The van der Waals surface area contributed by atoms with Crippen LogP contribution in [0.15, 0.2) is 324 Å². The number of nitrogens with one attached hydrogen (secondary N) is 4. The highest BCUT2D eigenvalue weighted by Gasteiger charge is 2.68. The minimum absolute atomic E-state index is 0.0145. The summed E-state index contributed by atoms with van der Waals surface area (Å²) in [6, 6.07) is 87.5. The van der Waals surface area contributed by atoms with Crippen LogP contribution in [-0.4, -0.2) is 107 Å². The first-order chi connectivity index (χ1) is 61.7. The van der Waals surface area contributed by atoms with Crippen LogP contribution in [0.2, 0.25) is 0 Å². The van der Waals surface area contributed by atoms with Crippen molar-refractivity contribution < 1.29 is 66.5 Å². The molecule has 4 N–H and O–H groups in total. The smallest absolute Gasteiger partial charge is 0.407 e. The molecule has 9 aromatic carbocycles. The van der Waals surface area contributed by atoms with E-state index in [0.717, 1.165) is 16.7 Å². The van der Waals surface area contributed by atoms with Crippen molar-refractivity contribution in [3.05, 3.63) is 374 Å². The van der Waals surface area contributed by atoms with Gasteiger partial charge in [-0.15, -0.1) is 0 Å². The largest absolute Gasteiger partial charge is 0.490 e. The number of alkyl carbamates (subject to hydrolysis) is 1. The number of carbonyl (C=O) groups is 4. The Morgan fingerprint density at radius 1 is 0.307 bits per heavy atom. The van der Waals surface area contributed by atoms with Gasteiger partial charge in [-0.25, -0.2) is 4.79 Å². The number of carbonyl (C=O) groups excluding carboxylic acids is 4. The van der Waals surface area contributed by atoms with E-state index < -0.39 is 85.7 Å². The second-order valence-electron chi connectivity index (χ2n) is 34.3. The van der Waals surface area contributed by atoms with Gasteiger partial charge < -0.3 is 82.3 Å². The summed E-state index contributed by atoms with van der Waals surface area (Å²) in [6.45, 7) is 4.99. The van der Waals surface area contributed by atoms with Gasteiger partial charge in [0.2, 0.25) is 16.3 Å². The van der Waals surface area contributed by atoms with E-state index in [-0.39, 0.29) is 120 Å². The van der Waals surface area contributed by atoms with Crippen LogP contribution in [0.4, 0.5) is 4.79 Å². The monoisotopic (exact) mass is 1710 g/mol. The van der Waals surface area contributed by atoms with Gasteiger partial charge in [-0.1, -0.05) is 200 Å². The zero-order valence-electron chi connectivity index (χ0n) is 71.4. The first-order valence-electron chi connectivity index (χ1n) is 42.9. The molecule has 24 nitrogen and oxygen atoms in total. The average molecular weight is 1710 g/mol. The van der Waals surface area contributed by atoms with Gasteiger partial charge in [0.1, 0.15) is 79.7 Å². The van der Waals surface area contributed by atoms with E-state index in [1.54, 1.807) is 53.1 Å². The van der Waals surface area contributed by atoms with Gasteiger partial charge in [-0.2, -0.15) is 0 Å². The third-order valence-electron chi connectivity index (χ3n) is 23.0. The molecule has 3 heterocycles. The van der Waals surface area contributed by atoms with Gasteiger partial charge >= 0.3 is 6.09 Å². The summed E-state index contributed by atoms with van der Waals surface area (Å²) < 4.78 is 69.9. The van der Waals surface area contributed by atoms with Crippen LogP contribution in [0.25, 0.3) is 0 Å². The number of aromatic nitrogens is 3. The molecular weight excluding hydrogens is 1610 g/mol. The summed E-state index contributed by atoms with van der Waals surface area (Å²) in [5, 5.41) is 13.4. The molecule has 0 aliphatic heterocycles. The highest BCUT2D eigenvalue weighted by atomic mass is 16.6. The first-order valence-corrected chi connectivity index (χ1v) is 42.9. The minimum atomic E-state index is -0.970. The minimum Gasteiger partial charge on any atom is -0.490 e. The molecule has 3 aromatic heterocycles. The van der Waals surface area contributed by atoms with Crippen molar-refractivity contribution in [2.75, 3.05) is 46.0 Å².